The second kappa shape index (κ2) is 5.59. The van der Waals surface area contributed by atoms with Crippen molar-refractivity contribution in [2.75, 3.05) is 13.1 Å². The summed E-state index contributed by atoms with van der Waals surface area (Å²) < 4.78 is 10.9. The lowest BCUT2D eigenvalue weighted by Crippen LogP contribution is -2.41. The van der Waals surface area contributed by atoms with Crippen molar-refractivity contribution in [2.24, 2.45) is 11.0 Å². The highest BCUT2D eigenvalue weighted by Gasteiger charge is 2.17. The zero-order valence-electron chi connectivity index (χ0n) is 7.85. The molecule has 0 spiro atoms. The van der Waals surface area contributed by atoms with Gasteiger partial charge in [-0.25, -0.2) is 4.79 Å². The van der Waals surface area contributed by atoms with Gasteiger partial charge in [-0.3, -0.25) is 20.7 Å². The molecular weight excluding hydrogens is 203 g/mol. The van der Waals surface area contributed by atoms with Gasteiger partial charge in [-0.05, 0) is 0 Å². The second-order valence-corrected chi connectivity index (χ2v) is 4.25. The van der Waals surface area contributed by atoms with Crippen LogP contribution < -0.4 is 16.1 Å². The summed E-state index contributed by atoms with van der Waals surface area (Å²) in [4.78, 5) is 12.6. The van der Waals surface area contributed by atoms with Gasteiger partial charge in [-0.15, -0.1) is 13.2 Å². The van der Waals surface area contributed by atoms with E-state index in [1.54, 1.807) is 0 Å². The summed E-state index contributed by atoms with van der Waals surface area (Å²) in [6, 6.07) is -0.599. The molecule has 0 aliphatic rings. The van der Waals surface area contributed by atoms with Crippen LogP contribution in [-0.2, 0) is 4.57 Å². The van der Waals surface area contributed by atoms with Crippen molar-refractivity contribution >= 4 is 13.6 Å². The van der Waals surface area contributed by atoms with Crippen molar-refractivity contribution in [3.8, 4) is 0 Å². The molecule has 0 saturated heterocycles. The average molecular weight is 218 g/mol. The highest BCUT2D eigenvalue weighted by atomic mass is 31.2. The number of nitrogens with two attached hydrogens (primary N) is 2. The van der Waals surface area contributed by atoms with Crippen LogP contribution in [0.4, 0.5) is 4.79 Å². The van der Waals surface area contributed by atoms with Crippen LogP contribution >= 0.6 is 7.59 Å². The molecule has 0 atom stereocenters. The number of nitrogens with one attached hydrogen (secondary N) is 1. The van der Waals surface area contributed by atoms with Gasteiger partial charge in [0.1, 0.15) is 0 Å². The Balaban J connectivity index is 4.35. The fraction of sp³-hybridized carbons (Fsp3) is 0.286. The summed E-state index contributed by atoms with van der Waals surface area (Å²) in [5, 5.41) is 1.99. The molecule has 0 fully saturated rings. The van der Waals surface area contributed by atoms with Crippen molar-refractivity contribution in [3.63, 3.8) is 0 Å². The first-order chi connectivity index (χ1) is 6.40. The van der Waals surface area contributed by atoms with Crippen LogP contribution in [-0.4, -0.2) is 24.0 Å². The molecule has 14 heavy (non-hydrogen) atoms. The van der Waals surface area contributed by atoms with Crippen molar-refractivity contribution in [3.05, 3.63) is 25.3 Å². The van der Waals surface area contributed by atoms with E-state index < -0.39 is 13.6 Å². The van der Waals surface area contributed by atoms with Crippen molar-refractivity contribution in [1.29, 1.82) is 0 Å². The minimum Gasteiger partial charge on any atom is -0.317 e. The first kappa shape index (κ1) is 12.9. The van der Waals surface area contributed by atoms with E-state index in [2.05, 4.69) is 13.2 Å². The Morgan fingerprint density at radius 3 is 2.07 bits per heavy atom. The maximum absolute atomic E-state index is 11.3. The Morgan fingerprint density at radius 2 is 1.79 bits per heavy atom. The lowest BCUT2D eigenvalue weighted by atomic mass is 10.5. The molecule has 0 aliphatic heterocycles. The number of rotatable bonds is 5. The predicted octanol–water partition coefficient (Wildman–Crippen LogP) is 0.396. The number of hydrogen-bond donors (Lipinski definition) is 3. The smallest absolute Gasteiger partial charge is 0.317 e. The molecule has 0 aliphatic carbocycles. The molecule has 0 rings (SSSR count). The van der Waals surface area contributed by atoms with Gasteiger partial charge in [0.15, 0.2) is 0 Å². The highest BCUT2D eigenvalue weighted by molar-refractivity contribution is 7.57. The van der Waals surface area contributed by atoms with Gasteiger partial charge in [0.2, 0.25) is 0 Å². The molecule has 0 unspecified atom stereocenters. The van der Waals surface area contributed by atoms with Gasteiger partial charge in [0.05, 0.1) is 0 Å². The van der Waals surface area contributed by atoms with E-state index in [1.165, 1.54) is 17.1 Å². The van der Waals surface area contributed by atoms with Crippen LogP contribution in [0, 0.1) is 0 Å². The van der Waals surface area contributed by atoms with Crippen LogP contribution in [0.2, 0.25) is 0 Å². The van der Waals surface area contributed by atoms with Gasteiger partial charge < -0.3 is 4.90 Å². The minimum absolute atomic E-state index is 0.303. The standard InChI is InChI=1S/C7H15N4O2P/c1-3-5-11(6-4-2)7(12)10-14(8,9)13/h3-4H,1-2,5-6H2,(H5,8,9,10,12,13). The number of carbonyl (C=O) groups is 1. The monoisotopic (exact) mass is 218 g/mol. The van der Waals surface area contributed by atoms with Gasteiger partial charge in [0, 0.05) is 13.1 Å². The Hall–Kier alpha value is -1.10. The van der Waals surface area contributed by atoms with Crippen LogP contribution in [0.15, 0.2) is 25.3 Å². The van der Waals surface area contributed by atoms with Gasteiger partial charge >= 0.3 is 13.6 Å². The Labute approximate surface area is 83.2 Å². The highest BCUT2D eigenvalue weighted by Crippen LogP contribution is 2.17. The maximum Gasteiger partial charge on any atom is 0.325 e. The summed E-state index contributed by atoms with van der Waals surface area (Å²) in [5.74, 6) is 0. The minimum atomic E-state index is -3.53. The quantitative estimate of drug-likeness (QED) is 0.459. The molecule has 0 saturated carbocycles. The van der Waals surface area contributed by atoms with E-state index >= 15 is 0 Å². The normalized spacial score (nSPS) is 10.4. The van der Waals surface area contributed by atoms with Crippen molar-refractivity contribution in [2.45, 2.75) is 0 Å². The third-order valence-corrected chi connectivity index (χ3v) is 1.80. The topological polar surface area (TPSA) is 101 Å². The molecular formula is C7H15N4O2P. The molecule has 80 valence electrons. The van der Waals surface area contributed by atoms with Crippen molar-refractivity contribution in [1.82, 2.24) is 9.99 Å². The molecule has 7 heteroatoms. The third kappa shape index (κ3) is 5.53. The zero-order chi connectivity index (χ0) is 11.2. The summed E-state index contributed by atoms with van der Waals surface area (Å²) in [6.07, 6.45) is 3.06. The summed E-state index contributed by atoms with van der Waals surface area (Å²) in [5.41, 5.74) is 9.98. The molecule has 0 aromatic carbocycles. The molecule has 0 aromatic rings. The predicted molar refractivity (Wildman–Crippen MR) is 56.5 cm³/mol. The fourth-order valence-corrected chi connectivity index (χ4v) is 1.21. The Kier molecular flexibility index (Phi) is 5.15. The molecule has 0 radical (unpaired) electrons. The maximum atomic E-state index is 11.3. The fourth-order valence-electron chi connectivity index (χ4n) is 0.772. The molecule has 0 bridgehead atoms. The van der Waals surface area contributed by atoms with Crippen LogP contribution in [0.3, 0.4) is 0 Å². The first-order valence-corrected chi connectivity index (χ1v) is 5.71. The van der Waals surface area contributed by atoms with E-state index in [0.29, 0.717) is 13.1 Å². The van der Waals surface area contributed by atoms with Gasteiger partial charge in [-0.1, -0.05) is 12.2 Å². The van der Waals surface area contributed by atoms with E-state index in [9.17, 15) is 9.36 Å². The number of carbonyl (C=O) groups excluding carboxylic acids is 1. The number of nitrogens with zero attached hydrogens (tertiary/aromatic N) is 1. The van der Waals surface area contributed by atoms with E-state index in [4.69, 9.17) is 11.0 Å². The van der Waals surface area contributed by atoms with Gasteiger partial charge in [0.25, 0.3) is 0 Å². The van der Waals surface area contributed by atoms with Crippen LogP contribution in [0.25, 0.3) is 0 Å². The summed E-state index contributed by atoms with van der Waals surface area (Å²) in [7, 11) is -3.53. The lowest BCUT2D eigenvalue weighted by molar-refractivity contribution is 0.214. The second-order valence-electron chi connectivity index (χ2n) is 2.61. The molecule has 5 N–H and O–H groups in total. The summed E-state index contributed by atoms with van der Waals surface area (Å²) in [6.45, 7) is 7.56. The summed E-state index contributed by atoms with van der Waals surface area (Å²) >= 11 is 0. The van der Waals surface area contributed by atoms with Crippen molar-refractivity contribution < 1.29 is 9.36 Å². The van der Waals surface area contributed by atoms with E-state index in [1.807, 2.05) is 5.09 Å². The number of urea groups is 1. The Morgan fingerprint density at radius 1 is 1.36 bits per heavy atom. The molecule has 0 heterocycles. The molecule has 2 amide bonds. The number of hydrogen-bond acceptors (Lipinski definition) is 2. The number of amides is 2. The van der Waals surface area contributed by atoms with Crippen LogP contribution in [0.5, 0.6) is 0 Å². The zero-order valence-corrected chi connectivity index (χ0v) is 8.74. The van der Waals surface area contributed by atoms with E-state index in [-0.39, 0.29) is 0 Å². The first-order valence-electron chi connectivity index (χ1n) is 3.87. The van der Waals surface area contributed by atoms with Crippen LogP contribution in [0.1, 0.15) is 0 Å². The Bertz CT molecular complexity index is 263. The molecule has 6 nitrogen and oxygen atoms in total. The lowest BCUT2D eigenvalue weighted by Gasteiger charge is -2.20. The van der Waals surface area contributed by atoms with Gasteiger partial charge in [-0.2, -0.15) is 0 Å². The largest absolute Gasteiger partial charge is 0.325 e. The third-order valence-electron chi connectivity index (χ3n) is 1.26. The average Bonchev–Trinajstić information content (AvgIpc) is 2.01. The SMILES string of the molecule is C=CCN(CC=C)C(=O)NP(N)(N)=O. The molecule has 0 aromatic heterocycles. The van der Waals surface area contributed by atoms with E-state index in [0.717, 1.165) is 0 Å².